The van der Waals surface area contributed by atoms with Crippen LogP contribution in [-0.2, 0) is 0 Å². The van der Waals surface area contributed by atoms with E-state index in [4.69, 9.17) is 4.74 Å². The van der Waals surface area contributed by atoms with Gasteiger partial charge in [-0.3, -0.25) is 0 Å². The van der Waals surface area contributed by atoms with Gasteiger partial charge >= 0.3 is 0 Å². The summed E-state index contributed by atoms with van der Waals surface area (Å²) in [5.41, 5.74) is 27.3. The molecule has 3 heteroatoms. The lowest BCUT2D eigenvalue weighted by molar-refractivity contribution is 0.488. The van der Waals surface area contributed by atoms with Gasteiger partial charge in [0.15, 0.2) is 0 Å². The fraction of sp³-hybridized carbons (Fsp3) is 0.0400. The molecule has 2 aliphatic heterocycles. The van der Waals surface area contributed by atoms with Gasteiger partial charge in [-0.2, -0.15) is 0 Å². The molecule has 0 bridgehead atoms. The van der Waals surface area contributed by atoms with E-state index in [0.29, 0.717) is 0 Å². The Kier molecular flexibility index (Phi) is 10.9. The second-order valence-electron chi connectivity index (χ2n) is 21.3. The Labute approximate surface area is 456 Å². The molecule has 0 aliphatic carbocycles. The van der Waals surface area contributed by atoms with Crippen molar-refractivity contribution in [2.24, 2.45) is 0 Å². The molecule has 2 nitrogen and oxygen atoms in total. The molecule has 0 atom stereocenters. The number of fused-ring (bicyclic) bond motifs is 7. The Morgan fingerprint density at radius 3 is 1.24 bits per heavy atom. The molecule has 2 aliphatic rings. The fourth-order valence-electron chi connectivity index (χ4n) is 12.8. The first-order valence-corrected chi connectivity index (χ1v) is 27.3. The Balaban J connectivity index is 1.07. The van der Waals surface area contributed by atoms with Crippen LogP contribution in [0.1, 0.15) is 25.3 Å². The van der Waals surface area contributed by atoms with Crippen molar-refractivity contribution in [3.8, 4) is 106 Å². The first kappa shape index (κ1) is 45.7. The molecule has 366 valence electrons. The molecule has 0 amide bonds. The van der Waals surface area contributed by atoms with Gasteiger partial charge in [0.05, 0.1) is 5.52 Å². The summed E-state index contributed by atoms with van der Waals surface area (Å²) < 4.78 is 10.3. The number of hydrogen-bond acceptors (Lipinski definition) is 1. The number of ether oxygens (including phenoxy) is 1. The Hall–Kier alpha value is -9.70. The quantitative estimate of drug-likeness (QED) is 0.131. The van der Waals surface area contributed by atoms with Crippen molar-refractivity contribution in [2.45, 2.75) is 19.8 Å². The summed E-state index contributed by atoms with van der Waals surface area (Å²) in [7, 11) is 0. The van der Waals surface area contributed by atoms with Crippen molar-refractivity contribution in [1.82, 2.24) is 4.57 Å². The van der Waals surface area contributed by atoms with E-state index in [1.165, 1.54) is 105 Å². The molecule has 0 saturated heterocycles. The van der Waals surface area contributed by atoms with Crippen molar-refractivity contribution < 1.29 is 4.74 Å². The number of rotatable bonds is 9. The molecule has 3 heterocycles. The summed E-state index contributed by atoms with van der Waals surface area (Å²) in [5.74, 6) is 2.06. The Bertz CT molecular complexity index is 4480. The van der Waals surface area contributed by atoms with Gasteiger partial charge in [-0.1, -0.05) is 250 Å². The molecular formula is C75H52BNO. The lowest BCUT2D eigenvalue weighted by atomic mass is 9.34. The highest BCUT2D eigenvalue weighted by molar-refractivity contribution is 6.99. The largest absolute Gasteiger partial charge is 0.458 e. The molecule has 12 aromatic carbocycles. The number of hydrogen-bond donors (Lipinski definition) is 0. The number of aromatic nitrogens is 1. The van der Waals surface area contributed by atoms with E-state index in [9.17, 15) is 0 Å². The Morgan fingerprint density at radius 2 is 0.744 bits per heavy atom. The van der Waals surface area contributed by atoms with Crippen LogP contribution in [-0.4, -0.2) is 11.3 Å². The van der Waals surface area contributed by atoms with Crippen LogP contribution < -0.4 is 21.1 Å². The first-order valence-electron chi connectivity index (χ1n) is 27.3. The van der Waals surface area contributed by atoms with Crippen LogP contribution in [0.5, 0.6) is 11.5 Å². The summed E-state index contributed by atoms with van der Waals surface area (Å²) in [6.45, 7) is 4.41. The Morgan fingerprint density at radius 1 is 0.333 bits per heavy atom. The highest BCUT2D eigenvalue weighted by Crippen LogP contribution is 2.48. The van der Waals surface area contributed by atoms with Gasteiger partial charge in [-0.05, 0) is 148 Å². The second kappa shape index (κ2) is 18.5. The molecule has 0 radical (unpaired) electrons. The van der Waals surface area contributed by atoms with Crippen LogP contribution in [0.25, 0.3) is 117 Å². The SMILES string of the molecule is CC(C)c1cc2c3c(c1)-n1c4ccc(-c5ccccc5-c5ccccc5)cc4c4cc(-c5ccccc5-c5ccccc5)cc(c41)B3c1cc(-c3ccccc3-c3ccccc3)cc(-c3ccccc3-c3ccccc3)c1O2. The molecule has 0 unspecified atom stereocenters. The third kappa shape index (κ3) is 7.41. The molecular weight excluding hydrogens is 942 g/mol. The van der Waals surface area contributed by atoms with Crippen LogP contribution in [0.2, 0.25) is 0 Å². The fourth-order valence-corrected chi connectivity index (χ4v) is 12.8. The predicted molar refractivity (Wildman–Crippen MR) is 330 cm³/mol. The van der Waals surface area contributed by atoms with Crippen LogP contribution in [0.3, 0.4) is 0 Å². The molecule has 13 aromatic rings. The number of nitrogens with zero attached hydrogens (tertiary/aromatic N) is 1. The van der Waals surface area contributed by atoms with E-state index >= 15 is 0 Å². The minimum atomic E-state index is -0.187. The van der Waals surface area contributed by atoms with E-state index in [-0.39, 0.29) is 12.6 Å². The normalized spacial score (nSPS) is 12.2. The average Bonchev–Trinajstić information content (AvgIpc) is 3.88. The van der Waals surface area contributed by atoms with Gasteiger partial charge in [0.1, 0.15) is 11.5 Å². The minimum absolute atomic E-state index is 0.187. The average molecular weight is 994 g/mol. The molecule has 78 heavy (non-hydrogen) atoms. The van der Waals surface area contributed by atoms with Gasteiger partial charge in [-0.25, -0.2) is 0 Å². The third-order valence-corrected chi connectivity index (χ3v) is 16.5. The monoisotopic (exact) mass is 993 g/mol. The maximum atomic E-state index is 7.71. The standard InChI is InChI=1S/C75H52BNO/c1-48(2)54-46-71-73-72(47-54)78-75-67(64-38-22-21-34-60(64)52-29-13-6-14-30-52)43-56(63-37-20-17-33-59(63)51-27-11-5-12-28-51)45-69(75)76(73)68-44-55(62-36-19-16-32-58(62)50-25-9-4-10-26-50)42-66-65-41-53(39-40-70(65)77(71)74(66)68)61-35-18-15-31-57(61)49-23-7-3-8-24-49/h3-48H,1-2H3. The highest BCUT2D eigenvalue weighted by atomic mass is 16.5. The van der Waals surface area contributed by atoms with E-state index in [1.807, 2.05) is 0 Å². The minimum Gasteiger partial charge on any atom is -0.458 e. The molecule has 15 rings (SSSR count). The zero-order valence-corrected chi connectivity index (χ0v) is 43.5. The topological polar surface area (TPSA) is 14.2 Å². The molecule has 0 saturated carbocycles. The zero-order chi connectivity index (χ0) is 51.8. The third-order valence-electron chi connectivity index (χ3n) is 16.5. The van der Waals surface area contributed by atoms with Crippen molar-refractivity contribution in [1.29, 1.82) is 0 Å². The van der Waals surface area contributed by atoms with Gasteiger partial charge in [-0.15, -0.1) is 0 Å². The lowest BCUT2D eigenvalue weighted by Crippen LogP contribution is -2.58. The van der Waals surface area contributed by atoms with Gasteiger partial charge in [0.25, 0.3) is 6.71 Å². The van der Waals surface area contributed by atoms with Gasteiger partial charge in [0.2, 0.25) is 0 Å². The van der Waals surface area contributed by atoms with Gasteiger partial charge < -0.3 is 9.30 Å². The van der Waals surface area contributed by atoms with Crippen molar-refractivity contribution in [3.05, 3.63) is 279 Å². The summed E-state index contributed by atoms with van der Waals surface area (Å²) in [6, 6.07) is 101. The molecule has 1 aromatic heterocycles. The van der Waals surface area contributed by atoms with Gasteiger partial charge in [0, 0.05) is 27.5 Å². The van der Waals surface area contributed by atoms with E-state index < -0.39 is 0 Å². The smallest absolute Gasteiger partial charge is 0.256 e. The molecule has 0 N–H and O–H groups in total. The predicted octanol–water partition coefficient (Wildman–Crippen LogP) is 18.2. The van der Waals surface area contributed by atoms with Crippen LogP contribution in [0.15, 0.2) is 273 Å². The second-order valence-corrected chi connectivity index (χ2v) is 21.3. The van der Waals surface area contributed by atoms with Crippen molar-refractivity contribution in [2.75, 3.05) is 0 Å². The van der Waals surface area contributed by atoms with Crippen LogP contribution in [0.4, 0.5) is 0 Å². The number of benzene rings is 12. The van der Waals surface area contributed by atoms with Crippen LogP contribution in [0, 0.1) is 0 Å². The summed E-state index contributed by atoms with van der Waals surface area (Å²) >= 11 is 0. The van der Waals surface area contributed by atoms with E-state index in [0.717, 1.165) is 44.8 Å². The van der Waals surface area contributed by atoms with Crippen molar-refractivity contribution >= 4 is 44.9 Å². The summed E-state index contributed by atoms with van der Waals surface area (Å²) in [5, 5.41) is 2.45. The van der Waals surface area contributed by atoms with Crippen molar-refractivity contribution in [3.63, 3.8) is 0 Å². The first-order chi connectivity index (χ1) is 38.5. The molecule has 0 fully saturated rings. The maximum absolute atomic E-state index is 7.71. The summed E-state index contributed by atoms with van der Waals surface area (Å²) in [4.78, 5) is 0. The van der Waals surface area contributed by atoms with Crippen LogP contribution >= 0.6 is 0 Å². The maximum Gasteiger partial charge on any atom is 0.256 e. The lowest BCUT2D eigenvalue weighted by Gasteiger charge is -2.36. The highest BCUT2D eigenvalue weighted by Gasteiger charge is 2.43. The summed E-state index contributed by atoms with van der Waals surface area (Å²) in [6.07, 6.45) is 0. The zero-order valence-electron chi connectivity index (χ0n) is 43.5. The van der Waals surface area contributed by atoms with E-state index in [1.54, 1.807) is 0 Å². The molecule has 0 spiro atoms. The van der Waals surface area contributed by atoms with E-state index in [2.05, 4.69) is 291 Å².